The summed E-state index contributed by atoms with van der Waals surface area (Å²) in [6, 6.07) is 15.1. The second-order valence-corrected chi connectivity index (χ2v) is 7.31. The molecule has 10 heteroatoms. The highest BCUT2D eigenvalue weighted by Gasteiger charge is 2.14. The van der Waals surface area contributed by atoms with Gasteiger partial charge < -0.3 is 21.2 Å². The Morgan fingerprint density at radius 3 is 2.60 bits per heavy atom. The highest BCUT2D eigenvalue weighted by atomic mass is 19.1. The number of nitrogens with one attached hydrogen (secondary N) is 1. The van der Waals surface area contributed by atoms with Gasteiger partial charge in [-0.2, -0.15) is 0 Å². The van der Waals surface area contributed by atoms with Crippen molar-refractivity contribution in [3.05, 3.63) is 114 Å². The molecule has 176 valence electrons. The minimum atomic E-state index is -0.371. The molecule has 1 amide bonds. The fourth-order valence-corrected chi connectivity index (χ4v) is 3.13. The number of halogens is 1. The molecule has 0 unspecified atom stereocenters. The van der Waals surface area contributed by atoms with Gasteiger partial charge in [-0.15, -0.1) is 0 Å². The lowest BCUT2D eigenvalue weighted by molar-refractivity contribution is 0.102. The zero-order chi connectivity index (χ0) is 24.6. The minimum Gasteiger partial charge on any atom is -0.443 e. The van der Waals surface area contributed by atoms with Crippen LogP contribution in [0.1, 0.15) is 33.3 Å². The first kappa shape index (κ1) is 23.5. The molecule has 2 heterocycles. The van der Waals surface area contributed by atoms with E-state index in [-0.39, 0.29) is 47.9 Å². The Labute approximate surface area is 200 Å². The van der Waals surface area contributed by atoms with E-state index in [1.807, 2.05) is 6.07 Å². The summed E-state index contributed by atoms with van der Waals surface area (Å²) in [5, 5.41) is 2.76. The summed E-state index contributed by atoms with van der Waals surface area (Å²) in [5.41, 5.74) is 14.2. The van der Waals surface area contributed by atoms with Gasteiger partial charge in [-0.3, -0.25) is 9.79 Å². The van der Waals surface area contributed by atoms with Gasteiger partial charge in [0.2, 0.25) is 5.89 Å². The van der Waals surface area contributed by atoms with Crippen LogP contribution in [-0.2, 0) is 13.1 Å². The molecule has 2 aromatic carbocycles. The molecule has 0 atom stereocenters. The van der Waals surface area contributed by atoms with Crippen molar-refractivity contribution in [2.24, 2.45) is 16.5 Å². The number of nitrogens with two attached hydrogens (primary N) is 2. The van der Waals surface area contributed by atoms with Crippen LogP contribution in [0.5, 0.6) is 0 Å². The molecule has 0 bridgehead atoms. The SMILES string of the molecule is NCc1nc(C(N)=CC(=NCc2ccccc2F)c2ncco2)ncc1NC(=O)c1ccccc1. The van der Waals surface area contributed by atoms with E-state index in [4.69, 9.17) is 15.9 Å². The lowest BCUT2D eigenvalue weighted by atomic mass is 10.2. The number of benzene rings is 2. The van der Waals surface area contributed by atoms with Gasteiger partial charge in [-0.1, -0.05) is 36.4 Å². The molecular weight excluding hydrogens is 449 g/mol. The third-order valence-electron chi connectivity index (χ3n) is 4.92. The third-order valence-corrected chi connectivity index (χ3v) is 4.92. The van der Waals surface area contributed by atoms with Gasteiger partial charge in [0.1, 0.15) is 17.8 Å². The topological polar surface area (TPSA) is 145 Å². The van der Waals surface area contributed by atoms with Crippen molar-refractivity contribution in [2.75, 3.05) is 5.32 Å². The van der Waals surface area contributed by atoms with E-state index in [9.17, 15) is 9.18 Å². The van der Waals surface area contributed by atoms with Crippen LogP contribution in [-0.4, -0.2) is 26.6 Å². The van der Waals surface area contributed by atoms with E-state index in [1.54, 1.807) is 42.5 Å². The van der Waals surface area contributed by atoms with Crippen LogP contribution in [0.3, 0.4) is 0 Å². The highest BCUT2D eigenvalue weighted by Crippen LogP contribution is 2.17. The molecule has 0 aliphatic carbocycles. The number of amides is 1. The number of hydrogen-bond donors (Lipinski definition) is 3. The molecule has 0 saturated heterocycles. The van der Waals surface area contributed by atoms with E-state index in [1.165, 1.54) is 30.8 Å². The van der Waals surface area contributed by atoms with E-state index < -0.39 is 0 Å². The van der Waals surface area contributed by atoms with Crippen LogP contribution >= 0.6 is 0 Å². The normalized spacial score (nSPS) is 11.9. The number of aromatic nitrogens is 3. The molecule has 0 aliphatic heterocycles. The van der Waals surface area contributed by atoms with Gasteiger partial charge in [0.15, 0.2) is 5.82 Å². The highest BCUT2D eigenvalue weighted by molar-refractivity contribution is 6.09. The predicted octanol–water partition coefficient (Wildman–Crippen LogP) is 3.30. The molecule has 0 radical (unpaired) electrons. The zero-order valence-electron chi connectivity index (χ0n) is 18.6. The van der Waals surface area contributed by atoms with Crippen LogP contribution in [0.4, 0.5) is 10.1 Å². The number of nitrogens with zero attached hydrogens (tertiary/aromatic N) is 4. The number of carbonyl (C=O) groups is 1. The molecule has 0 saturated carbocycles. The second kappa shape index (κ2) is 10.9. The van der Waals surface area contributed by atoms with Crippen molar-refractivity contribution in [3.63, 3.8) is 0 Å². The summed E-state index contributed by atoms with van der Waals surface area (Å²) in [7, 11) is 0. The molecule has 9 nitrogen and oxygen atoms in total. The Morgan fingerprint density at radius 1 is 1.11 bits per heavy atom. The largest absolute Gasteiger partial charge is 0.443 e. The standard InChI is InChI=1S/C25H22FN7O2/c26-18-9-5-4-8-17(18)14-30-20(25-29-10-11-35-25)12-19(28)23-31-15-22(21(13-27)32-23)33-24(34)16-6-2-1-3-7-16/h1-12,15H,13-14,27-28H2,(H,33,34). The number of allylic oxidation sites excluding steroid dienone is 1. The summed E-state index contributed by atoms with van der Waals surface area (Å²) in [5.74, 6) is -0.306. The summed E-state index contributed by atoms with van der Waals surface area (Å²) in [6.45, 7) is 0.0920. The van der Waals surface area contributed by atoms with Crippen LogP contribution in [0.2, 0.25) is 0 Å². The molecule has 0 aliphatic rings. The van der Waals surface area contributed by atoms with Gasteiger partial charge in [-0.25, -0.2) is 19.3 Å². The molecule has 4 rings (SSSR count). The Kier molecular flexibility index (Phi) is 7.34. The summed E-state index contributed by atoms with van der Waals surface area (Å²) in [4.78, 5) is 29.7. The second-order valence-electron chi connectivity index (χ2n) is 7.31. The van der Waals surface area contributed by atoms with Crippen LogP contribution in [0.15, 0.2) is 88.7 Å². The number of hydrogen-bond acceptors (Lipinski definition) is 8. The maximum absolute atomic E-state index is 14.0. The van der Waals surface area contributed by atoms with Crippen LogP contribution < -0.4 is 16.8 Å². The van der Waals surface area contributed by atoms with Gasteiger partial charge in [0.25, 0.3) is 5.91 Å². The summed E-state index contributed by atoms with van der Waals surface area (Å²) in [6.07, 6.45) is 5.79. The quantitative estimate of drug-likeness (QED) is 0.334. The number of rotatable bonds is 8. The average Bonchev–Trinajstić information content (AvgIpc) is 3.43. The maximum atomic E-state index is 14.0. The fourth-order valence-electron chi connectivity index (χ4n) is 3.13. The Morgan fingerprint density at radius 2 is 1.89 bits per heavy atom. The van der Waals surface area contributed by atoms with Crippen LogP contribution in [0, 0.1) is 5.82 Å². The van der Waals surface area contributed by atoms with Crippen molar-refractivity contribution in [1.29, 1.82) is 0 Å². The van der Waals surface area contributed by atoms with Crippen molar-refractivity contribution in [1.82, 2.24) is 15.0 Å². The number of aliphatic imine (C=N–C) groups is 1. The third kappa shape index (κ3) is 5.81. The summed E-state index contributed by atoms with van der Waals surface area (Å²) >= 11 is 0. The zero-order valence-corrected chi connectivity index (χ0v) is 18.6. The van der Waals surface area contributed by atoms with E-state index in [0.717, 1.165) is 0 Å². The first-order chi connectivity index (χ1) is 17.0. The van der Waals surface area contributed by atoms with Crippen molar-refractivity contribution >= 4 is 23.0 Å². The van der Waals surface area contributed by atoms with Gasteiger partial charge in [-0.05, 0) is 24.3 Å². The van der Waals surface area contributed by atoms with Crippen molar-refractivity contribution in [3.8, 4) is 0 Å². The molecule has 0 fully saturated rings. The fraction of sp³-hybridized carbons (Fsp3) is 0.0800. The molecule has 5 N–H and O–H groups in total. The van der Waals surface area contributed by atoms with Crippen LogP contribution in [0.25, 0.3) is 5.70 Å². The maximum Gasteiger partial charge on any atom is 0.255 e. The number of oxazole rings is 1. The first-order valence-corrected chi connectivity index (χ1v) is 10.6. The van der Waals surface area contributed by atoms with Gasteiger partial charge >= 0.3 is 0 Å². The molecule has 0 spiro atoms. The minimum absolute atomic E-state index is 0.0428. The Hall–Kier alpha value is -4.70. The molecule has 4 aromatic rings. The number of carbonyl (C=O) groups excluding carboxylic acids is 1. The van der Waals surface area contributed by atoms with E-state index in [0.29, 0.717) is 22.5 Å². The Balaban J connectivity index is 1.60. The summed E-state index contributed by atoms with van der Waals surface area (Å²) < 4.78 is 19.4. The number of anilines is 1. The molecular formula is C25H22FN7O2. The van der Waals surface area contributed by atoms with E-state index in [2.05, 4.69) is 25.3 Å². The van der Waals surface area contributed by atoms with Gasteiger partial charge in [0.05, 0.1) is 36.0 Å². The Bertz CT molecular complexity index is 1370. The first-order valence-electron chi connectivity index (χ1n) is 10.6. The smallest absolute Gasteiger partial charge is 0.255 e. The lowest BCUT2D eigenvalue weighted by Gasteiger charge is -2.11. The van der Waals surface area contributed by atoms with Gasteiger partial charge in [0, 0.05) is 17.7 Å². The lowest BCUT2D eigenvalue weighted by Crippen LogP contribution is -2.17. The van der Waals surface area contributed by atoms with E-state index >= 15 is 0 Å². The van der Waals surface area contributed by atoms with Crippen molar-refractivity contribution < 1.29 is 13.6 Å². The monoisotopic (exact) mass is 471 g/mol. The predicted molar refractivity (Wildman–Crippen MR) is 130 cm³/mol. The molecule has 2 aromatic heterocycles. The van der Waals surface area contributed by atoms with Crippen molar-refractivity contribution in [2.45, 2.75) is 13.1 Å². The molecule has 35 heavy (non-hydrogen) atoms. The average molecular weight is 471 g/mol.